The molecule has 1 aromatic carbocycles. The van der Waals surface area contributed by atoms with Gasteiger partial charge < -0.3 is 26.0 Å². The van der Waals surface area contributed by atoms with E-state index in [1.54, 1.807) is 19.9 Å². The van der Waals surface area contributed by atoms with E-state index in [-0.39, 0.29) is 11.9 Å². The molecule has 0 spiro atoms. The molecule has 5 N–H and O–H groups in total. The number of rotatable bonds is 8. The van der Waals surface area contributed by atoms with E-state index in [0.29, 0.717) is 47.5 Å². The van der Waals surface area contributed by atoms with Crippen LogP contribution < -0.4 is 16.4 Å². The third kappa shape index (κ3) is 5.71. The molecule has 0 amide bonds. The lowest BCUT2D eigenvalue weighted by Gasteiger charge is -2.24. The van der Waals surface area contributed by atoms with Gasteiger partial charge in [-0.2, -0.15) is 9.97 Å². The number of nitrogen functional groups attached to an aromatic ring is 1. The normalized spacial score (nSPS) is 16.2. The lowest BCUT2D eigenvalue weighted by Crippen LogP contribution is -2.29. The van der Waals surface area contributed by atoms with Crippen LogP contribution in [-0.2, 0) is 6.54 Å². The number of anilines is 3. The molecule has 0 radical (unpaired) electrons. The number of aliphatic hydroxyl groups is 1. The Kier molecular flexibility index (Phi) is 6.69. The van der Waals surface area contributed by atoms with Gasteiger partial charge in [0.25, 0.3) is 0 Å². The van der Waals surface area contributed by atoms with Gasteiger partial charge in [-0.15, -0.1) is 0 Å². The standard InChI is InChI=1S/C24H34FN7O/c1-15(12-24(2,3)33)29-23-30-21(27-13-16-11-17(25)9-10-19(16)26)20-22(31-23)32(14-28-20)18-7-5-4-6-8-18/h9-11,14-15,18,33H,4-8,12-13,26H2,1-3H3,(H2,27,29,30,31). The van der Waals surface area contributed by atoms with Crippen molar-refractivity contribution in [3.05, 3.63) is 35.9 Å². The van der Waals surface area contributed by atoms with Crippen LogP contribution in [0.3, 0.4) is 0 Å². The second-order valence-electron chi connectivity index (χ2n) is 9.77. The fourth-order valence-corrected chi connectivity index (χ4v) is 4.66. The molecule has 1 atom stereocenters. The molecule has 33 heavy (non-hydrogen) atoms. The molecule has 8 nitrogen and oxygen atoms in total. The maximum Gasteiger partial charge on any atom is 0.226 e. The number of aromatic nitrogens is 4. The van der Waals surface area contributed by atoms with Gasteiger partial charge in [-0.05, 0) is 63.8 Å². The Morgan fingerprint density at radius 2 is 2.00 bits per heavy atom. The van der Waals surface area contributed by atoms with Gasteiger partial charge in [-0.3, -0.25) is 0 Å². The molecule has 3 aromatic rings. The van der Waals surface area contributed by atoms with E-state index < -0.39 is 5.60 Å². The fraction of sp³-hybridized carbons (Fsp3) is 0.542. The van der Waals surface area contributed by atoms with Gasteiger partial charge in [0.05, 0.1) is 11.9 Å². The zero-order chi connectivity index (χ0) is 23.6. The first-order valence-electron chi connectivity index (χ1n) is 11.7. The van der Waals surface area contributed by atoms with Gasteiger partial charge in [0, 0.05) is 24.3 Å². The first-order valence-corrected chi connectivity index (χ1v) is 11.7. The highest BCUT2D eigenvalue weighted by Gasteiger charge is 2.22. The maximum absolute atomic E-state index is 13.7. The summed E-state index contributed by atoms with van der Waals surface area (Å²) >= 11 is 0. The van der Waals surface area contributed by atoms with Gasteiger partial charge in [-0.25, -0.2) is 9.37 Å². The Morgan fingerprint density at radius 1 is 1.24 bits per heavy atom. The van der Waals surface area contributed by atoms with Gasteiger partial charge in [0.15, 0.2) is 17.0 Å². The zero-order valence-corrected chi connectivity index (χ0v) is 19.6. The quantitative estimate of drug-likeness (QED) is 0.366. The topological polar surface area (TPSA) is 114 Å². The Balaban J connectivity index is 1.67. The number of hydrogen-bond donors (Lipinski definition) is 4. The van der Waals surface area contributed by atoms with Crippen LogP contribution in [0.25, 0.3) is 11.2 Å². The third-order valence-corrected chi connectivity index (χ3v) is 6.12. The van der Waals surface area contributed by atoms with Crippen LogP contribution in [0.15, 0.2) is 24.5 Å². The molecule has 1 saturated carbocycles. The molecule has 2 heterocycles. The van der Waals surface area contributed by atoms with Gasteiger partial charge in [0.1, 0.15) is 5.82 Å². The molecular formula is C24H34FN7O. The number of benzene rings is 1. The van der Waals surface area contributed by atoms with Crippen LogP contribution in [0.2, 0.25) is 0 Å². The summed E-state index contributed by atoms with van der Waals surface area (Å²) in [4.78, 5) is 14.1. The van der Waals surface area contributed by atoms with E-state index in [2.05, 4.69) is 25.2 Å². The number of nitrogens with two attached hydrogens (primary N) is 1. The van der Waals surface area contributed by atoms with Crippen molar-refractivity contribution in [2.75, 3.05) is 16.4 Å². The Labute approximate surface area is 193 Å². The largest absolute Gasteiger partial charge is 0.398 e. The Hall–Kier alpha value is -2.94. The predicted octanol–water partition coefficient (Wildman–Crippen LogP) is 4.63. The van der Waals surface area contributed by atoms with Gasteiger partial charge >= 0.3 is 0 Å². The summed E-state index contributed by atoms with van der Waals surface area (Å²) in [5, 5.41) is 16.8. The van der Waals surface area contributed by atoms with Crippen LogP contribution in [0.4, 0.5) is 21.8 Å². The summed E-state index contributed by atoms with van der Waals surface area (Å²) in [7, 11) is 0. The van der Waals surface area contributed by atoms with Crippen LogP contribution in [0.1, 0.15) is 70.9 Å². The van der Waals surface area contributed by atoms with Crippen LogP contribution in [-0.4, -0.2) is 36.3 Å². The van der Waals surface area contributed by atoms with Crippen LogP contribution >= 0.6 is 0 Å². The maximum atomic E-state index is 13.7. The van der Waals surface area contributed by atoms with Crippen LogP contribution in [0.5, 0.6) is 0 Å². The van der Waals surface area contributed by atoms with Crippen molar-refractivity contribution in [2.45, 2.75) is 83.5 Å². The molecule has 4 rings (SSSR count). The second-order valence-corrected chi connectivity index (χ2v) is 9.77. The number of nitrogens with zero attached hydrogens (tertiary/aromatic N) is 4. The number of hydrogen-bond acceptors (Lipinski definition) is 7. The monoisotopic (exact) mass is 455 g/mol. The smallest absolute Gasteiger partial charge is 0.226 e. The van der Waals surface area contributed by atoms with Crippen molar-refractivity contribution >= 4 is 28.6 Å². The zero-order valence-electron chi connectivity index (χ0n) is 19.6. The van der Waals surface area contributed by atoms with Crippen molar-refractivity contribution in [3.63, 3.8) is 0 Å². The molecule has 178 valence electrons. The number of nitrogens with one attached hydrogen (secondary N) is 2. The van der Waals surface area contributed by atoms with E-state index >= 15 is 0 Å². The number of imidazole rings is 1. The predicted molar refractivity (Wildman–Crippen MR) is 130 cm³/mol. The van der Waals surface area contributed by atoms with Crippen molar-refractivity contribution in [2.24, 2.45) is 0 Å². The summed E-state index contributed by atoms with van der Waals surface area (Å²) in [6, 6.07) is 4.66. The highest BCUT2D eigenvalue weighted by Crippen LogP contribution is 2.32. The number of halogens is 1. The first-order chi connectivity index (χ1) is 15.7. The van der Waals surface area contributed by atoms with Crippen molar-refractivity contribution < 1.29 is 9.50 Å². The molecule has 1 aliphatic carbocycles. The molecule has 0 aliphatic heterocycles. The SMILES string of the molecule is CC(CC(C)(C)O)Nc1nc(NCc2cc(F)ccc2N)c2ncn(C3CCCCC3)c2n1. The Morgan fingerprint density at radius 3 is 2.73 bits per heavy atom. The molecule has 1 unspecified atom stereocenters. The molecular weight excluding hydrogens is 421 g/mol. The lowest BCUT2D eigenvalue weighted by molar-refractivity contribution is 0.0672. The average molecular weight is 456 g/mol. The summed E-state index contributed by atoms with van der Waals surface area (Å²) in [5.41, 5.74) is 7.83. The summed E-state index contributed by atoms with van der Waals surface area (Å²) in [6.07, 6.45) is 8.27. The minimum atomic E-state index is -0.809. The molecule has 9 heteroatoms. The minimum Gasteiger partial charge on any atom is -0.398 e. The molecule has 1 aliphatic rings. The molecule has 2 aromatic heterocycles. The minimum absolute atomic E-state index is 0.0415. The van der Waals surface area contributed by atoms with E-state index in [0.717, 1.165) is 18.5 Å². The fourth-order valence-electron chi connectivity index (χ4n) is 4.66. The van der Waals surface area contributed by atoms with E-state index in [4.69, 9.17) is 10.7 Å². The second kappa shape index (κ2) is 9.51. The van der Waals surface area contributed by atoms with Gasteiger partial charge in [0.2, 0.25) is 5.95 Å². The van der Waals surface area contributed by atoms with E-state index in [9.17, 15) is 9.50 Å². The highest BCUT2D eigenvalue weighted by atomic mass is 19.1. The van der Waals surface area contributed by atoms with E-state index in [1.807, 2.05) is 13.3 Å². The van der Waals surface area contributed by atoms with E-state index in [1.165, 1.54) is 31.4 Å². The summed E-state index contributed by atoms with van der Waals surface area (Å²) in [5.74, 6) is 0.695. The van der Waals surface area contributed by atoms with Crippen molar-refractivity contribution in [3.8, 4) is 0 Å². The molecule has 0 bridgehead atoms. The van der Waals surface area contributed by atoms with Crippen LogP contribution in [0, 0.1) is 5.82 Å². The third-order valence-electron chi connectivity index (χ3n) is 6.12. The van der Waals surface area contributed by atoms with Crippen molar-refractivity contribution in [1.82, 2.24) is 19.5 Å². The summed E-state index contributed by atoms with van der Waals surface area (Å²) in [6.45, 7) is 5.86. The molecule has 0 saturated heterocycles. The highest BCUT2D eigenvalue weighted by molar-refractivity contribution is 5.84. The average Bonchev–Trinajstić information content (AvgIpc) is 3.17. The Bertz CT molecular complexity index is 1100. The van der Waals surface area contributed by atoms with Gasteiger partial charge in [-0.1, -0.05) is 19.3 Å². The van der Waals surface area contributed by atoms with Crippen molar-refractivity contribution in [1.29, 1.82) is 0 Å². The molecule has 1 fully saturated rings. The summed E-state index contributed by atoms with van der Waals surface area (Å²) < 4.78 is 15.9. The lowest BCUT2D eigenvalue weighted by atomic mass is 9.95. The number of fused-ring (bicyclic) bond motifs is 1. The first kappa shape index (κ1) is 23.2.